The van der Waals surface area contributed by atoms with E-state index in [0.717, 1.165) is 29.1 Å². The molecule has 1 atom stereocenters. The third kappa shape index (κ3) is 2.08. The van der Waals surface area contributed by atoms with Crippen LogP contribution in [0.25, 0.3) is 10.9 Å². The SMILES string of the molecule is Cc1c(Cl)ccc2cc(CC(C)CN)[nH]c12. The maximum absolute atomic E-state index is 6.09. The van der Waals surface area contributed by atoms with Crippen LogP contribution in [0.2, 0.25) is 5.02 Å². The monoisotopic (exact) mass is 236 g/mol. The molecular formula is C13H17ClN2. The van der Waals surface area contributed by atoms with Gasteiger partial charge in [-0.3, -0.25) is 0 Å². The smallest absolute Gasteiger partial charge is 0.0500 e. The first-order valence-electron chi connectivity index (χ1n) is 5.58. The van der Waals surface area contributed by atoms with Crippen LogP contribution in [0.1, 0.15) is 18.2 Å². The minimum Gasteiger partial charge on any atom is -0.358 e. The molecule has 0 saturated carbocycles. The van der Waals surface area contributed by atoms with Gasteiger partial charge in [0.05, 0.1) is 5.52 Å². The van der Waals surface area contributed by atoms with Crippen molar-refractivity contribution in [3.05, 3.63) is 34.5 Å². The number of nitrogens with two attached hydrogens (primary N) is 1. The fraction of sp³-hybridized carbons (Fsp3) is 0.385. The number of hydrogen-bond donors (Lipinski definition) is 2. The predicted molar refractivity (Wildman–Crippen MR) is 70.0 cm³/mol. The Hall–Kier alpha value is -0.990. The first kappa shape index (κ1) is 11.5. The summed E-state index contributed by atoms with van der Waals surface area (Å²) in [6.07, 6.45) is 0.988. The zero-order valence-corrected chi connectivity index (χ0v) is 10.4. The molecule has 0 fully saturated rings. The Kier molecular flexibility index (Phi) is 3.22. The quantitative estimate of drug-likeness (QED) is 0.844. The molecule has 2 nitrogen and oxygen atoms in total. The molecule has 0 radical (unpaired) electrons. The number of H-pyrrole nitrogens is 1. The van der Waals surface area contributed by atoms with Crippen LogP contribution in [0, 0.1) is 12.8 Å². The molecule has 86 valence electrons. The van der Waals surface area contributed by atoms with Crippen LogP contribution in [0.5, 0.6) is 0 Å². The highest BCUT2D eigenvalue weighted by molar-refractivity contribution is 6.32. The molecule has 3 heteroatoms. The molecule has 1 aromatic carbocycles. The summed E-state index contributed by atoms with van der Waals surface area (Å²) >= 11 is 6.09. The van der Waals surface area contributed by atoms with Crippen molar-refractivity contribution in [1.82, 2.24) is 4.98 Å². The molecule has 3 N–H and O–H groups in total. The van der Waals surface area contributed by atoms with Crippen molar-refractivity contribution in [2.24, 2.45) is 11.7 Å². The van der Waals surface area contributed by atoms with Crippen molar-refractivity contribution in [3.8, 4) is 0 Å². The van der Waals surface area contributed by atoms with Crippen molar-refractivity contribution in [1.29, 1.82) is 0 Å². The predicted octanol–water partition coefficient (Wildman–Crippen LogP) is 3.27. The number of benzene rings is 1. The Bertz CT molecular complexity index is 502. The van der Waals surface area contributed by atoms with Crippen LogP contribution in [-0.2, 0) is 6.42 Å². The third-order valence-electron chi connectivity index (χ3n) is 3.02. The van der Waals surface area contributed by atoms with Gasteiger partial charge in [-0.2, -0.15) is 0 Å². The molecule has 0 aliphatic carbocycles. The maximum Gasteiger partial charge on any atom is 0.0500 e. The minimum atomic E-state index is 0.504. The molecule has 1 unspecified atom stereocenters. The van der Waals surface area contributed by atoms with Gasteiger partial charge in [0.15, 0.2) is 0 Å². The lowest BCUT2D eigenvalue weighted by atomic mass is 10.1. The number of hydrogen-bond acceptors (Lipinski definition) is 1. The van der Waals surface area contributed by atoms with Crippen LogP contribution in [-0.4, -0.2) is 11.5 Å². The molecule has 2 aromatic rings. The van der Waals surface area contributed by atoms with E-state index in [2.05, 4.69) is 24.0 Å². The zero-order valence-electron chi connectivity index (χ0n) is 9.68. The fourth-order valence-electron chi connectivity index (χ4n) is 1.95. The Labute approximate surface area is 101 Å². The van der Waals surface area contributed by atoms with Crippen LogP contribution in [0.15, 0.2) is 18.2 Å². The molecule has 0 spiro atoms. The van der Waals surface area contributed by atoms with Crippen LogP contribution in [0.4, 0.5) is 0 Å². The molecule has 0 amide bonds. The largest absolute Gasteiger partial charge is 0.358 e. The lowest BCUT2D eigenvalue weighted by Crippen LogP contribution is -2.13. The van der Waals surface area contributed by atoms with E-state index in [4.69, 9.17) is 17.3 Å². The van der Waals surface area contributed by atoms with Gasteiger partial charge in [0.2, 0.25) is 0 Å². The molecule has 0 aliphatic rings. The molecule has 0 bridgehead atoms. The second-order valence-corrected chi connectivity index (χ2v) is 4.88. The average molecular weight is 237 g/mol. The lowest BCUT2D eigenvalue weighted by Gasteiger charge is -2.05. The normalized spacial score (nSPS) is 13.2. The molecular weight excluding hydrogens is 220 g/mol. The van der Waals surface area contributed by atoms with Gasteiger partial charge in [-0.25, -0.2) is 0 Å². The van der Waals surface area contributed by atoms with Crippen molar-refractivity contribution >= 4 is 22.5 Å². The van der Waals surface area contributed by atoms with E-state index in [-0.39, 0.29) is 0 Å². The van der Waals surface area contributed by atoms with Crippen molar-refractivity contribution < 1.29 is 0 Å². The van der Waals surface area contributed by atoms with Gasteiger partial charge < -0.3 is 10.7 Å². The molecule has 2 rings (SSSR count). The van der Waals surface area contributed by atoms with Gasteiger partial charge in [-0.15, -0.1) is 0 Å². The van der Waals surface area contributed by atoms with Crippen molar-refractivity contribution in [3.63, 3.8) is 0 Å². The van der Waals surface area contributed by atoms with Crippen LogP contribution < -0.4 is 5.73 Å². The number of aromatic nitrogens is 1. The third-order valence-corrected chi connectivity index (χ3v) is 3.43. The molecule has 16 heavy (non-hydrogen) atoms. The number of rotatable bonds is 3. The Morgan fingerprint density at radius 2 is 2.19 bits per heavy atom. The topological polar surface area (TPSA) is 41.8 Å². The van der Waals surface area contributed by atoms with E-state index in [1.807, 2.05) is 13.0 Å². The first-order valence-corrected chi connectivity index (χ1v) is 5.96. The van der Waals surface area contributed by atoms with Gasteiger partial charge >= 0.3 is 0 Å². The number of aromatic amines is 1. The summed E-state index contributed by atoms with van der Waals surface area (Å²) in [6.45, 7) is 4.91. The van der Waals surface area contributed by atoms with Crippen LogP contribution in [0.3, 0.4) is 0 Å². The summed E-state index contributed by atoms with van der Waals surface area (Å²) in [5, 5.41) is 2.04. The Morgan fingerprint density at radius 3 is 2.88 bits per heavy atom. The fourth-order valence-corrected chi connectivity index (χ4v) is 2.10. The van der Waals surface area contributed by atoms with Gasteiger partial charge in [0.1, 0.15) is 0 Å². The van der Waals surface area contributed by atoms with E-state index in [1.165, 1.54) is 11.1 Å². The summed E-state index contributed by atoms with van der Waals surface area (Å²) in [4.78, 5) is 3.43. The van der Waals surface area contributed by atoms with Crippen molar-refractivity contribution in [2.45, 2.75) is 20.3 Å². The van der Waals surface area contributed by atoms with E-state index in [1.54, 1.807) is 0 Å². The molecule has 1 aromatic heterocycles. The van der Waals surface area contributed by atoms with Gasteiger partial charge in [0.25, 0.3) is 0 Å². The summed E-state index contributed by atoms with van der Waals surface area (Å²) in [6, 6.07) is 6.19. The number of halogens is 1. The maximum atomic E-state index is 6.09. The average Bonchev–Trinajstić information content (AvgIpc) is 2.67. The summed E-state index contributed by atoms with van der Waals surface area (Å²) < 4.78 is 0. The molecule has 0 aliphatic heterocycles. The Morgan fingerprint density at radius 1 is 1.44 bits per heavy atom. The highest BCUT2D eigenvalue weighted by Gasteiger charge is 2.08. The van der Waals surface area contributed by atoms with E-state index in [9.17, 15) is 0 Å². The molecule has 0 saturated heterocycles. The first-order chi connectivity index (χ1) is 7.61. The van der Waals surface area contributed by atoms with E-state index in [0.29, 0.717) is 5.92 Å². The summed E-state index contributed by atoms with van der Waals surface area (Å²) in [5.74, 6) is 0.504. The van der Waals surface area contributed by atoms with Crippen LogP contribution >= 0.6 is 11.6 Å². The highest BCUT2D eigenvalue weighted by Crippen LogP contribution is 2.26. The summed E-state index contributed by atoms with van der Waals surface area (Å²) in [5.41, 5.74) is 9.13. The highest BCUT2D eigenvalue weighted by atomic mass is 35.5. The number of aryl methyl sites for hydroxylation is 1. The van der Waals surface area contributed by atoms with Gasteiger partial charge in [0, 0.05) is 16.1 Å². The second-order valence-electron chi connectivity index (χ2n) is 4.48. The van der Waals surface area contributed by atoms with E-state index >= 15 is 0 Å². The van der Waals surface area contributed by atoms with E-state index < -0.39 is 0 Å². The number of nitrogens with one attached hydrogen (secondary N) is 1. The standard InChI is InChI=1S/C13H17ClN2/c1-8(7-15)5-11-6-10-3-4-12(14)9(2)13(10)16-11/h3-4,6,8,16H,5,7,15H2,1-2H3. The Balaban J connectivity index is 2.40. The summed E-state index contributed by atoms with van der Waals surface area (Å²) in [7, 11) is 0. The number of fused-ring (bicyclic) bond motifs is 1. The van der Waals surface area contributed by atoms with Crippen molar-refractivity contribution in [2.75, 3.05) is 6.54 Å². The van der Waals surface area contributed by atoms with Gasteiger partial charge in [-0.1, -0.05) is 24.6 Å². The minimum absolute atomic E-state index is 0.504. The zero-order chi connectivity index (χ0) is 11.7. The van der Waals surface area contributed by atoms with Gasteiger partial charge in [-0.05, 0) is 43.5 Å². The second kappa shape index (κ2) is 4.48. The molecule has 1 heterocycles. The lowest BCUT2D eigenvalue weighted by molar-refractivity contribution is 0.586.